The van der Waals surface area contributed by atoms with Crippen LogP contribution in [0.1, 0.15) is 21.7 Å². The highest BCUT2D eigenvalue weighted by molar-refractivity contribution is 7.99. The second kappa shape index (κ2) is 9.01. The van der Waals surface area contributed by atoms with Gasteiger partial charge < -0.3 is 9.13 Å². The fourth-order valence-electron chi connectivity index (χ4n) is 3.90. The van der Waals surface area contributed by atoms with Crippen LogP contribution in [0.4, 0.5) is 0 Å². The van der Waals surface area contributed by atoms with Crippen LogP contribution < -0.4 is 5.14 Å². The van der Waals surface area contributed by atoms with E-state index in [1.54, 1.807) is 12.1 Å². The van der Waals surface area contributed by atoms with Gasteiger partial charge in [0.2, 0.25) is 10.0 Å². The minimum absolute atomic E-state index is 0.00212. The summed E-state index contributed by atoms with van der Waals surface area (Å²) in [6, 6.07) is 16.0. The molecule has 0 aliphatic carbocycles. The molecule has 4 rings (SSSR count). The van der Waals surface area contributed by atoms with E-state index in [1.807, 2.05) is 54.8 Å². The van der Waals surface area contributed by atoms with E-state index >= 15 is 0 Å². The number of primary sulfonamides is 1. The van der Waals surface area contributed by atoms with E-state index in [4.69, 9.17) is 5.14 Å². The fraction of sp³-hybridized carbons (Fsp3) is 0.167. The molecule has 0 aliphatic rings. The normalized spacial score (nSPS) is 11.7. The Labute approximate surface area is 197 Å². The van der Waals surface area contributed by atoms with Gasteiger partial charge in [0, 0.05) is 29.2 Å². The minimum Gasteiger partial charge on any atom is -0.318 e. The van der Waals surface area contributed by atoms with Crippen LogP contribution in [0.2, 0.25) is 0 Å². The van der Waals surface area contributed by atoms with Gasteiger partial charge >= 0.3 is 0 Å². The molecule has 170 valence electrons. The highest BCUT2D eigenvalue weighted by atomic mass is 32.2. The molecule has 7 nitrogen and oxygen atoms in total. The van der Waals surface area contributed by atoms with Crippen LogP contribution >= 0.6 is 11.8 Å². The Bertz CT molecular complexity index is 1470. The first-order chi connectivity index (χ1) is 15.7. The van der Waals surface area contributed by atoms with Crippen molar-refractivity contribution in [2.75, 3.05) is 5.75 Å². The summed E-state index contributed by atoms with van der Waals surface area (Å²) < 4.78 is 27.0. The summed E-state index contributed by atoms with van der Waals surface area (Å²) in [5.41, 5.74) is 4.95. The zero-order valence-corrected chi connectivity index (χ0v) is 20.0. The summed E-state index contributed by atoms with van der Waals surface area (Å²) in [5, 5.41) is 5.97. The number of hydrogen-bond acceptors (Lipinski definition) is 5. The van der Waals surface area contributed by atoms with E-state index in [-0.39, 0.29) is 16.4 Å². The topological polar surface area (TPSA) is 100.0 Å². The van der Waals surface area contributed by atoms with Gasteiger partial charge in [-0.1, -0.05) is 30.0 Å². The van der Waals surface area contributed by atoms with Crippen molar-refractivity contribution in [1.29, 1.82) is 0 Å². The number of Topliss-reactive ketones (excluding diaryl/α,β-unsaturated/α-hetero) is 1. The molecular formula is C24H24N4O3S2. The van der Waals surface area contributed by atoms with Crippen LogP contribution in [0.5, 0.6) is 0 Å². The van der Waals surface area contributed by atoms with Crippen molar-refractivity contribution >= 4 is 38.6 Å². The molecule has 9 heteroatoms. The van der Waals surface area contributed by atoms with Crippen LogP contribution in [0.25, 0.3) is 16.7 Å². The third-order valence-corrected chi connectivity index (χ3v) is 7.32. The molecule has 33 heavy (non-hydrogen) atoms. The van der Waals surface area contributed by atoms with Crippen LogP contribution in [0.3, 0.4) is 0 Å². The van der Waals surface area contributed by atoms with Gasteiger partial charge in [-0.2, -0.15) is 0 Å². The lowest BCUT2D eigenvalue weighted by Gasteiger charge is -2.10. The first kappa shape index (κ1) is 23.0. The van der Waals surface area contributed by atoms with Crippen LogP contribution in [-0.4, -0.2) is 34.1 Å². The number of para-hydroxylation sites is 2. The summed E-state index contributed by atoms with van der Waals surface area (Å²) in [6.07, 6.45) is 1.81. The van der Waals surface area contributed by atoms with Crippen molar-refractivity contribution in [2.24, 2.45) is 5.14 Å². The molecule has 0 unspecified atom stereocenters. The van der Waals surface area contributed by atoms with Crippen molar-refractivity contribution in [3.63, 3.8) is 0 Å². The number of aryl methyl sites for hydroxylation is 1. The maximum Gasteiger partial charge on any atom is 0.238 e. The number of carbonyl (C=O) groups excluding carboxylic acids is 1. The van der Waals surface area contributed by atoms with E-state index < -0.39 is 10.0 Å². The third kappa shape index (κ3) is 4.52. The summed E-state index contributed by atoms with van der Waals surface area (Å²) in [4.78, 5) is 17.8. The Morgan fingerprint density at radius 2 is 1.85 bits per heavy atom. The van der Waals surface area contributed by atoms with Gasteiger partial charge in [0.1, 0.15) is 0 Å². The van der Waals surface area contributed by atoms with E-state index in [1.165, 1.54) is 23.9 Å². The molecule has 2 aromatic heterocycles. The molecule has 0 saturated heterocycles. The minimum atomic E-state index is -3.76. The lowest BCUT2D eigenvalue weighted by Crippen LogP contribution is -2.12. The van der Waals surface area contributed by atoms with E-state index in [2.05, 4.69) is 16.1 Å². The number of fused-ring (bicyclic) bond motifs is 1. The average molecular weight is 481 g/mol. The zero-order valence-electron chi connectivity index (χ0n) is 18.4. The van der Waals surface area contributed by atoms with Crippen molar-refractivity contribution in [2.45, 2.75) is 30.4 Å². The number of hydrogen-bond donors (Lipinski definition) is 1. The van der Waals surface area contributed by atoms with Gasteiger partial charge in [-0.05, 0) is 56.3 Å². The number of thioether (sulfide) groups is 1. The molecule has 0 spiro atoms. The highest BCUT2D eigenvalue weighted by Crippen LogP contribution is 2.27. The number of allylic oxidation sites excluding steroid dienone is 1. The first-order valence-corrected chi connectivity index (χ1v) is 12.8. The number of sulfonamides is 1. The number of rotatable bonds is 8. The number of benzene rings is 2. The quantitative estimate of drug-likeness (QED) is 0.231. The lowest BCUT2D eigenvalue weighted by atomic mass is 10.2. The number of nitrogens with zero attached hydrogens (tertiary/aromatic N) is 3. The molecule has 0 radical (unpaired) electrons. The standard InChI is InChI=1S/C24H24N4O3S2/c1-4-13-27-22-8-6-5-7-21(22)26-24(27)32-15-23(29)20-14-16(2)28(17(20)3)18-9-11-19(12-10-18)33(25,30)31/h4-12,14H,1,13,15H2,2-3H3,(H2,25,30,31). The van der Waals surface area contributed by atoms with Crippen LogP contribution in [-0.2, 0) is 16.6 Å². The summed E-state index contributed by atoms with van der Waals surface area (Å²) in [7, 11) is -3.76. The second-order valence-electron chi connectivity index (χ2n) is 7.65. The number of nitrogens with two attached hydrogens (primary N) is 1. The first-order valence-electron chi connectivity index (χ1n) is 10.2. The maximum atomic E-state index is 13.1. The molecule has 4 aromatic rings. The second-order valence-corrected chi connectivity index (χ2v) is 10.2. The number of imidazole rings is 1. The Morgan fingerprint density at radius 1 is 1.15 bits per heavy atom. The molecule has 0 bridgehead atoms. The molecular weight excluding hydrogens is 456 g/mol. The highest BCUT2D eigenvalue weighted by Gasteiger charge is 2.19. The maximum absolute atomic E-state index is 13.1. The Kier molecular flexibility index (Phi) is 6.29. The average Bonchev–Trinajstić information content (AvgIpc) is 3.28. The molecule has 2 aromatic carbocycles. The van der Waals surface area contributed by atoms with Crippen LogP contribution in [0, 0.1) is 13.8 Å². The largest absolute Gasteiger partial charge is 0.318 e. The fourth-order valence-corrected chi connectivity index (χ4v) is 5.33. The van der Waals surface area contributed by atoms with Crippen molar-refractivity contribution < 1.29 is 13.2 Å². The summed E-state index contributed by atoms with van der Waals surface area (Å²) in [6.45, 7) is 8.23. The van der Waals surface area contributed by atoms with Gasteiger partial charge in [-0.3, -0.25) is 4.79 Å². The number of ketones is 1. The molecule has 0 atom stereocenters. The van der Waals surface area contributed by atoms with Crippen molar-refractivity contribution in [3.05, 3.63) is 84.2 Å². The number of carbonyl (C=O) groups is 1. The predicted octanol–water partition coefficient (Wildman–Crippen LogP) is 4.25. The van der Waals surface area contributed by atoms with E-state index in [0.717, 1.165) is 33.3 Å². The zero-order chi connectivity index (χ0) is 23.8. The Balaban J connectivity index is 1.59. The molecule has 2 heterocycles. The summed E-state index contributed by atoms with van der Waals surface area (Å²) in [5.74, 6) is 0.243. The monoisotopic (exact) mass is 480 g/mol. The Hall–Kier alpha value is -3.14. The van der Waals surface area contributed by atoms with E-state index in [9.17, 15) is 13.2 Å². The molecule has 0 aliphatic heterocycles. The molecule has 0 fully saturated rings. The van der Waals surface area contributed by atoms with Gasteiger partial charge in [-0.15, -0.1) is 6.58 Å². The van der Waals surface area contributed by atoms with Gasteiger partial charge in [-0.25, -0.2) is 18.5 Å². The lowest BCUT2D eigenvalue weighted by molar-refractivity contribution is 0.102. The Morgan fingerprint density at radius 3 is 2.52 bits per heavy atom. The van der Waals surface area contributed by atoms with Gasteiger partial charge in [0.25, 0.3) is 0 Å². The summed E-state index contributed by atoms with van der Waals surface area (Å²) >= 11 is 1.40. The molecule has 0 saturated carbocycles. The smallest absolute Gasteiger partial charge is 0.238 e. The van der Waals surface area contributed by atoms with Crippen molar-refractivity contribution in [3.8, 4) is 5.69 Å². The molecule has 2 N–H and O–H groups in total. The van der Waals surface area contributed by atoms with Gasteiger partial charge in [0.05, 0.1) is 21.7 Å². The SMILES string of the molecule is C=CCn1c(SCC(=O)c2cc(C)n(-c3ccc(S(N)(=O)=O)cc3)c2C)nc2ccccc21. The molecule has 0 amide bonds. The van der Waals surface area contributed by atoms with Gasteiger partial charge in [0.15, 0.2) is 10.9 Å². The van der Waals surface area contributed by atoms with Crippen LogP contribution in [0.15, 0.2) is 77.3 Å². The number of aromatic nitrogens is 3. The van der Waals surface area contributed by atoms with Crippen molar-refractivity contribution in [1.82, 2.24) is 14.1 Å². The van der Waals surface area contributed by atoms with E-state index in [0.29, 0.717) is 12.1 Å². The predicted molar refractivity (Wildman–Crippen MR) is 132 cm³/mol. The third-order valence-electron chi connectivity index (χ3n) is 5.42.